The molecule has 1 heterocycles. The molecule has 1 aromatic heterocycles. The van der Waals surface area contributed by atoms with Crippen LogP contribution in [0.1, 0.15) is 4.88 Å². The molecule has 0 radical (unpaired) electrons. The van der Waals surface area contributed by atoms with Crippen molar-refractivity contribution in [3.05, 3.63) is 41.2 Å². The SMILES string of the molecule is C=C(/C=C/N(C)C)c1cccs1. The molecule has 0 bridgehead atoms. The zero-order valence-electron chi connectivity index (χ0n) is 7.45. The van der Waals surface area contributed by atoms with Crippen molar-refractivity contribution in [1.82, 2.24) is 4.90 Å². The van der Waals surface area contributed by atoms with Crippen LogP contribution < -0.4 is 0 Å². The van der Waals surface area contributed by atoms with Crippen LogP contribution in [0.15, 0.2) is 36.4 Å². The van der Waals surface area contributed by atoms with Gasteiger partial charge in [0.1, 0.15) is 0 Å². The first-order valence-electron chi connectivity index (χ1n) is 3.77. The van der Waals surface area contributed by atoms with Crippen LogP contribution in [0.5, 0.6) is 0 Å². The van der Waals surface area contributed by atoms with Crippen molar-refractivity contribution < 1.29 is 0 Å². The van der Waals surface area contributed by atoms with Crippen LogP contribution in [0, 0.1) is 0 Å². The highest BCUT2D eigenvalue weighted by Gasteiger charge is 1.93. The van der Waals surface area contributed by atoms with Crippen LogP contribution in [0.2, 0.25) is 0 Å². The second kappa shape index (κ2) is 4.12. The fourth-order valence-corrected chi connectivity index (χ4v) is 1.46. The van der Waals surface area contributed by atoms with Gasteiger partial charge in [-0.2, -0.15) is 0 Å². The zero-order valence-corrected chi connectivity index (χ0v) is 8.27. The molecule has 0 amide bonds. The lowest BCUT2D eigenvalue weighted by molar-refractivity contribution is 0.564. The van der Waals surface area contributed by atoms with E-state index >= 15 is 0 Å². The van der Waals surface area contributed by atoms with Crippen LogP contribution in [-0.4, -0.2) is 19.0 Å². The molecule has 1 aromatic rings. The molecule has 2 heteroatoms. The Morgan fingerprint density at radius 1 is 1.58 bits per heavy atom. The Hall–Kier alpha value is -1.02. The normalized spacial score (nSPS) is 10.5. The highest BCUT2D eigenvalue weighted by molar-refractivity contribution is 7.11. The van der Waals surface area contributed by atoms with Gasteiger partial charge in [0, 0.05) is 19.0 Å². The molecule has 0 aliphatic heterocycles. The van der Waals surface area contributed by atoms with Gasteiger partial charge in [0.2, 0.25) is 0 Å². The van der Waals surface area contributed by atoms with E-state index in [1.165, 1.54) is 4.88 Å². The first-order valence-corrected chi connectivity index (χ1v) is 4.65. The van der Waals surface area contributed by atoms with Gasteiger partial charge in [0.25, 0.3) is 0 Å². The second-order valence-electron chi connectivity index (χ2n) is 2.78. The predicted molar refractivity (Wildman–Crippen MR) is 56.2 cm³/mol. The molecule has 0 fully saturated rings. The molecule has 0 saturated heterocycles. The summed E-state index contributed by atoms with van der Waals surface area (Å²) >= 11 is 1.71. The average Bonchev–Trinajstić information content (AvgIpc) is 2.51. The highest BCUT2D eigenvalue weighted by Crippen LogP contribution is 2.19. The largest absolute Gasteiger partial charge is 0.383 e. The van der Waals surface area contributed by atoms with Gasteiger partial charge in [-0.05, 0) is 29.3 Å². The topological polar surface area (TPSA) is 3.24 Å². The third-order valence-corrected chi connectivity index (χ3v) is 2.36. The molecule has 0 unspecified atom stereocenters. The minimum Gasteiger partial charge on any atom is -0.383 e. The number of hydrogen-bond donors (Lipinski definition) is 0. The van der Waals surface area contributed by atoms with E-state index in [0.29, 0.717) is 0 Å². The molecular weight excluding hydrogens is 166 g/mol. The van der Waals surface area contributed by atoms with Crippen molar-refractivity contribution >= 4 is 16.9 Å². The summed E-state index contributed by atoms with van der Waals surface area (Å²) in [5, 5.41) is 2.06. The minimum atomic E-state index is 1.07. The van der Waals surface area contributed by atoms with Crippen molar-refractivity contribution in [3.8, 4) is 0 Å². The standard InChI is InChI=1S/C10H13NS/c1-9(6-7-11(2)3)10-5-4-8-12-10/h4-8H,1H2,2-3H3/b7-6+. The summed E-state index contributed by atoms with van der Waals surface area (Å²) in [6, 6.07) is 4.11. The lowest BCUT2D eigenvalue weighted by atomic mass is 10.2. The molecule has 12 heavy (non-hydrogen) atoms. The van der Waals surface area contributed by atoms with Crippen molar-refractivity contribution in [3.63, 3.8) is 0 Å². The Bertz CT molecular complexity index is 270. The maximum Gasteiger partial charge on any atom is 0.0337 e. The number of nitrogens with zero attached hydrogens (tertiary/aromatic N) is 1. The van der Waals surface area contributed by atoms with Crippen LogP contribution in [0.4, 0.5) is 0 Å². The van der Waals surface area contributed by atoms with Gasteiger partial charge in [0.15, 0.2) is 0 Å². The lowest BCUT2D eigenvalue weighted by Gasteiger charge is -2.03. The minimum absolute atomic E-state index is 1.07. The van der Waals surface area contributed by atoms with Gasteiger partial charge in [-0.3, -0.25) is 0 Å². The summed E-state index contributed by atoms with van der Waals surface area (Å²) in [5.74, 6) is 0. The van der Waals surface area contributed by atoms with Gasteiger partial charge in [-0.1, -0.05) is 12.6 Å². The summed E-state index contributed by atoms with van der Waals surface area (Å²) in [4.78, 5) is 3.23. The third-order valence-electron chi connectivity index (χ3n) is 1.41. The molecule has 0 aliphatic rings. The van der Waals surface area contributed by atoms with E-state index in [1.54, 1.807) is 11.3 Å². The van der Waals surface area contributed by atoms with E-state index in [-0.39, 0.29) is 0 Å². The quantitative estimate of drug-likeness (QED) is 0.645. The van der Waals surface area contributed by atoms with Crippen molar-refractivity contribution in [2.24, 2.45) is 0 Å². The Morgan fingerprint density at radius 3 is 2.83 bits per heavy atom. The predicted octanol–water partition coefficient (Wildman–Crippen LogP) is 2.84. The number of rotatable bonds is 3. The van der Waals surface area contributed by atoms with E-state index in [4.69, 9.17) is 0 Å². The molecule has 1 rings (SSSR count). The van der Waals surface area contributed by atoms with Gasteiger partial charge < -0.3 is 4.90 Å². The van der Waals surface area contributed by atoms with Crippen molar-refractivity contribution in [1.29, 1.82) is 0 Å². The van der Waals surface area contributed by atoms with E-state index in [9.17, 15) is 0 Å². The molecule has 64 valence electrons. The van der Waals surface area contributed by atoms with E-state index in [2.05, 4.69) is 18.0 Å². The van der Waals surface area contributed by atoms with Gasteiger partial charge in [-0.25, -0.2) is 0 Å². The van der Waals surface area contributed by atoms with Gasteiger partial charge in [-0.15, -0.1) is 11.3 Å². The lowest BCUT2D eigenvalue weighted by Crippen LogP contribution is -1.99. The van der Waals surface area contributed by atoms with Gasteiger partial charge >= 0.3 is 0 Å². The smallest absolute Gasteiger partial charge is 0.0337 e. The second-order valence-corrected chi connectivity index (χ2v) is 3.73. The van der Waals surface area contributed by atoms with E-state index in [0.717, 1.165) is 5.57 Å². The van der Waals surface area contributed by atoms with Crippen LogP contribution in [0.3, 0.4) is 0 Å². The summed E-state index contributed by atoms with van der Waals surface area (Å²) in [7, 11) is 4.00. The van der Waals surface area contributed by atoms with E-state index in [1.807, 2.05) is 37.3 Å². The molecule has 0 saturated carbocycles. The Balaban J connectivity index is 2.62. The third kappa shape index (κ3) is 2.55. The summed E-state index contributed by atoms with van der Waals surface area (Å²) in [6.45, 7) is 3.97. The van der Waals surface area contributed by atoms with Crippen molar-refractivity contribution in [2.45, 2.75) is 0 Å². The summed E-state index contributed by atoms with van der Waals surface area (Å²) in [6.07, 6.45) is 4.02. The molecule has 0 N–H and O–H groups in total. The zero-order chi connectivity index (χ0) is 8.97. The Morgan fingerprint density at radius 2 is 2.33 bits per heavy atom. The maximum absolute atomic E-state index is 3.97. The number of thiophene rings is 1. The van der Waals surface area contributed by atoms with Crippen LogP contribution in [0.25, 0.3) is 5.57 Å². The first kappa shape index (κ1) is 9.07. The molecule has 0 spiro atoms. The monoisotopic (exact) mass is 179 g/mol. The Labute approximate surface area is 77.6 Å². The molecule has 0 aromatic carbocycles. The highest BCUT2D eigenvalue weighted by atomic mass is 32.1. The molecular formula is C10H13NS. The summed E-state index contributed by atoms with van der Waals surface area (Å²) in [5.41, 5.74) is 1.07. The molecule has 0 atom stereocenters. The van der Waals surface area contributed by atoms with Crippen LogP contribution >= 0.6 is 11.3 Å². The maximum atomic E-state index is 3.97. The molecule has 1 nitrogen and oxygen atoms in total. The van der Waals surface area contributed by atoms with Crippen molar-refractivity contribution in [2.75, 3.05) is 14.1 Å². The van der Waals surface area contributed by atoms with E-state index < -0.39 is 0 Å². The average molecular weight is 179 g/mol. The fourth-order valence-electron chi connectivity index (χ4n) is 0.782. The fraction of sp³-hybridized carbons (Fsp3) is 0.200. The summed E-state index contributed by atoms with van der Waals surface area (Å²) < 4.78 is 0. The Kier molecular flexibility index (Phi) is 3.11. The van der Waals surface area contributed by atoms with Crippen LogP contribution in [-0.2, 0) is 0 Å². The first-order chi connectivity index (χ1) is 5.70. The molecule has 0 aliphatic carbocycles. The number of allylic oxidation sites excluding steroid dienone is 2. The number of hydrogen-bond acceptors (Lipinski definition) is 2. The van der Waals surface area contributed by atoms with Gasteiger partial charge in [0.05, 0.1) is 0 Å².